The Labute approximate surface area is 152 Å². The highest BCUT2D eigenvalue weighted by atomic mass is 16.5. The number of carbonyl (C=O) groups is 1. The fourth-order valence-corrected chi connectivity index (χ4v) is 3.46. The van der Waals surface area contributed by atoms with Crippen molar-refractivity contribution in [1.29, 1.82) is 0 Å². The molecule has 0 aliphatic carbocycles. The van der Waals surface area contributed by atoms with Crippen molar-refractivity contribution in [2.24, 2.45) is 0 Å². The zero-order chi connectivity index (χ0) is 17.9. The Morgan fingerprint density at radius 2 is 1.65 bits per heavy atom. The number of fused-ring (bicyclic) bond motifs is 1. The molecule has 132 valence electrons. The SMILES string of the molecule is COc1cnc2ccccc2c1C(=O)N1CCN(c2ccccc2)CC1. The molecular weight excluding hydrogens is 326 g/mol. The number of para-hydroxylation sites is 2. The van der Waals surface area contributed by atoms with Gasteiger partial charge in [0.1, 0.15) is 0 Å². The molecule has 3 aromatic rings. The summed E-state index contributed by atoms with van der Waals surface area (Å²) in [5.74, 6) is 0.535. The second kappa shape index (κ2) is 7.04. The van der Waals surface area contributed by atoms with Gasteiger partial charge >= 0.3 is 0 Å². The van der Waals surface area contributed by atoms with E-state index in [9.17, 15) is 4.79 Å². The number of rotatable bonds is 3. The number of benzene rings is 2. The second-order valence-corrected chi connectivity index (χ2v) is 6.33. The van der Waals surface area contributed by atoms with Crippen LogP contribution in [0.2, 0.25) is 0 Å². The number of hydrogen-bond acceptors (Lipinski definition) is 4. The fourth-order valence-electron chi connectivity index (χ4n) is 3.46. The van der Waals surface area contributed by atoms with Gasteiger partial charge in [-0.1, -0.05) is 36.4 Å². The highest BCUT2D eigenvalue weighted by Gasteiger charge is 2.26. The molecule has 0 unspecified atom stereocenters. The summed E-state index contributed by atoms with van der Waals surface area (Å²) in [7, 11) is 1.58. The van der Waals surface area contributed by atoms with Gasteiger partial charge in [-0.15, -0.1) is 0 Å². The number of anilines is 1. The first-order valence-electron chi connectivity index (χ1n) is 8.79. The van der Waals surface area contributed by atoms with Gasteiger partial charge in [-0.2, -0.15) is 0 Å². The van der Waals surface area contributed by atoms with Gasteiger partial charge in [0, 0.05) is 37.3 Å². The van der Waals surface area contributed by atoms with Crippen molar-refractivity contribution < 1.29 is 9.53 Å². The lowest BCUT2D eigenvalue weighted by Gasteiger charge is -2.36. The Kier molecular flexibility index (Phi) is 4.44. The fraction of sp³-hybridized carbons (Fsp3) is 0.238. The van der Waals surface area contributed by atoms with Crippen LogP contribution in [-0.2, 0) is 0 Å². The van der Waals surface area contributed by atoms with Crippen LogP contribution in [-0.4, -0.2) is 49.1 Å². The lowest BCUT2D eigenvalue weighted by molar-refractivity contribution is 0.0745. The van der Waals surface area contributed by atoms with Crippen LogP contribution in [0.25, 0.3) is 10.9 Å². The van der Waals surface area contributed by atoms with E-state index in [1.54, 1.807) is 13.3 Å². The molecule has 0 saturated carbocycles. The van der Waals surface area contributed by atoms with Crippen molar-refractivity contribution in [1.82, 2.24) is 9.88 Å². The highest BCUT2D eigenvalue weighted by molar-refractivity contribution is 6.08. The normalized spacial score (nSPS) is 14.5. The van der Waals surface area contributed by atoms with Crippen LogP contribution in [0.1, 0.15) is 10.4 Å². The van der Waals surface area contributed by atoms with E-state index in [0.29, 0.717) is 24.4 Å². The average molecular weight is 347 g/mol. The van der Waals surface area contributed by atoms with E-state index in [2.05, 4.69) is 22.0 Å². The maximum atomic E-state index is 13.2. The standard InChI is InChI=1S/C21H21N3O2/c1-26-19-15-22-18-10-6-5-9-17(18)20(19)21(25)24-13-11-23(12-14-24)16-7-3-2-4-8-16/h2-10,15H,11-14H2,1H3. The minimum Gasteiger partial charge on any atom is -0.494 e. The molecule has 5 nitrogen and oxygen atoms in total. The van der Waals surface area contributed by atoms with Gasteiger partial charge in [-0.3, -0.25) is 9.78 Å². The molecule has 26 heavy (non-hydrogen) atoms. The molecule has 0 N–H and O–H groups in total. The van der Waals surface area contributed by atoms with E-state index >= 15 is 0 Å². The Balaban J connectivity index is 1.58. The molecule has 1 saturated heterocycles. The summed E-state index contributed by atoms with van der Waals surface area (Å²) in [6, 6.07) is 18.0. The van der Waals surface area contributed by atoms with E-state index in [0.717, 1.165) is 24.0 Å². The molecule has 2 heterocycles. The number of ether oxygens (including phenoxy) is 1. The predicted molar refractivity (Wildman–Crippen MR) is 103 cm³/mol. The third-order valence-electron chi connectivity index (χ3n) is 4.86. The Hall–Kier alpha value is -3.08. The molecule has 4 rings (SSSR count). The van der Waals surface area contributed by atoms with Gasteiger partial charge in [-0.25, -0.2) is 0 Å². The summed E-state index contributed by atoms with van der Waals surface area (Å²) in [5, 5.41) is 0.835. The molecule has 0 atom stereocenters. The van der Waals surface area contributed by atoms with Crippen LogP contribution < -0.4 is 9.64 Å². The van der Waals surface area contributed by atoms with Gasteiger partial charge in [0.15, 0.2) is 5.75 Å². The lowest BCUT2D eigenvalue weighted by atomic mass is 10.1. The molecule has 0 bridgehead atoms. The van der Waals surface area contributed by atoms with E-state index in [1.807, 2.05) is 47.4 Å². The number of methoxy groups -OCH3 is 1. The summed E-state index contributed by atoms with van der Waals surface area (Å²) >= 11 is 0. The first-order valence-corrected chi connectivity index (χ1v) is 8.79. The van der Waals surface area contributed by atoms with Gasteiger partial charge < -0.3 is 14.5 Å². The summed E-state index contributed by atoms with van der Waals surface area (Å²) < 4.78 is 5.44. The Bertz CT molecular complexity index is 919. The van der Waals surface area contributed by atoms with Crippen LogP contribution >= 0.6 is 0 Å². The molecule has 1 fully saturated rings. The van der Waals surface area contributed by atoms with Crippen LogP contribution in [0, 0.1) is 0 Å². The largest absolute Gasteiger partial charge is 0.494 e. The van der Waals surface area contributed by atoms with Crippen molar-refractivity contribution in [3.05, 3.63) is 66.4 Å². The summed E-state index contributed by atoms with van der Waals surface area (Å²) in [4.78, 5) is 21.8. The average Bonchev–Trinajstić information content (AvgIpc) is 2.73. The summed E-state index contributed by atoms with van der Waals surface area (Å²) in [6.07, 6.45) is 1.63. The summed E-state index contributed by atoms with van der Waals surface area (Å²) in [6.45, 7) is 3.02. The van der Waals surface area contributed by atoms with E-state index in [-0.39, 0.29) is 5.91 Å². The smallest absolute Gasteiger partial charge is 0.258 e. The zero-order valence-electron chi connectivity index (χ0n) is 14.8. The maximum Gasteiger partial charge on any atom is 0.258 e. The lowest BCUT2D eigenvalue weighted by Crippen LogP contribution is -2.48. The molecule has 0 radical (unpaired) electrons. The minimum absolute atomic E-state index is 0.00756. The maximum absolute atomic E-state index is 13.2. The number of piperazine rings is 1. The quantitative estimate of drug-likeness (QED) is 0.730. The van der Waals surface area contributed by atoms with Crippen LogP contribution in [0.5, 0.6) is 5.75 Å². The second-order valence-electron chi connectivity index (χ2n) is 6.33. The van der Waals surface area contributed by atoms with Crippen molar-refractivity contribution in [3.8, 4) is 5.75 Å². The Morgan fingerprint density at radius 1 is 0.962 bits per heavy atom. The molecule has 5 heteroatoms. The van der Waals surface area contributed by atoms with Crippen LogP contribution in [0.3, 0.4) is 0 Å². The van der Waals surface area contributed by atoms with Crippen LogP contribution in [0.15, 0.2) is 60.8 Å². The molecule has 1 aliphatic rings. The highest BCUT2D eigenvalue weighted by Crippen LogP contribution is 2.28. The van der Waals surface area contributed by atoms with Crippen molar-refractivity contribution >= 4 is 22.5 Å². The number of amides is 1. The van der Waals surface area contributed by atoms with Gasteiger partial charge in [0.05, 0.1) is 24.4 Å². The van der Waals surface area contributed by atoms with Gasteiger partial charge in [0.2, 0.25) is 0 Å². The number of aromatic nitrogens is 1. The monoisotopic (exact) mass is 347 g/mol. The van der Waals surface area contributed by atoms with Crippen LogP contribution in [0.4, 0.5) is 5.69 Å². The van der Waals surface area contributed by atoms with Crippen molar-refractivity contribution in [2.45, 2.75) is 0 Å². The number of carbonyl (C=O) groups excluding carboxylic acids is 1. The molecule has 2 aromatic carbocycles. The minimum atomic E-state index is 0.00756. The van der Waals surface area contributed by atoms with Gasteiger partial charge in [-0.05, 0) is 18.2 Å². The Morgan fingerprint density at radius 3 is 2.38 bits per heavy atom. The molecule has 1 aromatic heterocycles. The first kappa shape index (κ1) is 16.4. The number of hydrogen-bond donors (Lipinski definition) is 0. The zero-order valence-corrected chi connectivity index (χ0v) is 14.8. The number of nitrogens with zero attached hydrogens (tertiary/aromatic N) is 3. The molecule has 1 amide bonds. The van der Waals surface area contributed by atoms with Gasteiger partial charge in [0.25, 0.3) is 5.91 Å². The topological polar surface area (TPSA) is 45.7 Å². The molecular formula is C21H21N3O2. The number of pyridine rings is 1. The third-order valence-corrected chi connectivity index (χ3v) is 4.86. The van der Waals surface area contributed by atoms with Crippen molar-refractivity contribution in [3.63, 3.8) is 0 Å². The third kappa shape index (κ3) is 2.96. The first-order chi connectivity index (χ1) is 12.8. The van der Waals surface area contributed by atoms with E-state index in [4.69, 9.17) is 4.74 Å². The van der Waals surface area contributed by atoms with Crippen molar-refractivity contribution in [2.75, 3.05) is 38.2 Å². The molecule has 0 spiro atoms. The predicted octanol–water partition coefficient (Wildman–Crippen LogP) is 3.21. The molecule has 1 aliphatic heterocycles. The van der Waals surface area contributed by atoms with E-state index < -0.39 is 0 Å². The summed E-state index contributed by atoms with van der Waals surface area (Å²) in [5.41, 5.74) is 2.61. The van der Waals surface area contributed by atoms with E-state index in [1.165, 1.54) is 5.69 Å².